The third-order valence-corrected chi connectivity index (χ3v) is 7.52. The molecule has 1 aliphatic carbocycles. The Morgan fingerprint density at radius 1 is 1.18 bits per heavy atom. The fourth-order valence-electron chi connectivity index (χ4n) is 3.79. The lowest BCUT2D eigenvalue weighted by atomic mass is 9.86. The van der Waals surface area contributed by atoms with Crippen LogP contribution in [0.5, 0.6) is 0 Å². The van der Waals surface area contributed by atoms with Crippen LogP contribution in [0, 0.1) is 6.92 Å². The van der Waals surface area contributed by atoms with E-state index in [0.717, 1.165) is 17.4 Å². The van der Waals surface area contributed by atoms with Crippen molar-refractivity contribution in [3.63, 3.8) is 0 Å². The van der Waals surface area contributed by atoms with Crippen LogP contribution in [0.1, 0.15) is 17.5 Å². The van der Waals surface area contributed by atoms with E-state index in [2.05, 4.69) is 20.3 Å². The topological polar surface area (TPSA) is 128 Å². The van der Waals surface area contributed by atoms with Gasteiger partial charge in [-0.25, -0.2) is 18.4 Å². The van der Waals surface area contributed by atoms with Crippen molar-refractivity contribution in [3.05, 3.63) is 89.9 Å². The lowest BCUT2D eigenvalue weighted by Gasteiger charge is -2.32. The molecule has 2 heterocycles. The number of anilines is 2. The Morgan fingerprint density at radius 2 is 2.00 bits per heavy atom. The Balaban J connectivity index is 1.74. The number of carbonyl (C=O) groups excluding carboxylic acids is 1. The Bertz CT molecular complexity index is 1380. The van der Waals surface area contributed by atoms with Crippen molar-refractivity contribution < 1.29 is 13.2 Å². The molecule has 0 fully saturated rings. The molecule has 0 bridgehead atoms. The Morgan fingerprint density at radius 3 is 2.70 bits per heavy atom. The summed E-state index contributed by atoms with van der Waals surface area (Å²) in [5, 5.41) is 3.20. The zero-order valence-corrected chi connectivity index (χ0v) is 19.0. The highest BCUT2D eigenvalue weighted by atomic mass is 32.2. The average Bonchev–Trinajstić information content (AvgIpc) is 2.80. The number of rotatable bonds is 6. The number of hydrogen-bond acceptors (Lipinski definition) is 7. The molecule has 1 aromatic carbocycles. The van der Waals surface area contributed by atoms with Crippen molar-refractivity contribution in [2.75, 3.05) is 11.6 Å². The van der Waals surface area contributed by atoms with E-state index in [1.807, 2.05) is 25.1 Å². The number of sulfone groups is 1. The zero-order valence-electron chi connectivity index (χ0n) is 18.2. The van der Waals surface area contributed by atoms with Gasteiger partial charge in [0.25, 0.3) is 0 Å². The first-order chi connectivity index (χ1) is 15.7. The van der Waals surface area contributed by atoms with Crippen molar-refractivity contribution in [3.8, 4) is 11.3 Å². The molecule has 1 aliphatic rings. The zero-order chi connectivity index (χ0) is 23.6. The molecule has 1 amide bonds. The summed E-state index contributed by atoms with van der Waals surface area (Å²) >= 11 is 0. The largest absolute Gasteiger partial charge is 0.366 e. The fraction of sp³-hybridized carbons (Fsp3) is 0.167. The minimum atomic E-state index is -3.65. The number of hydrogen-bond donors (Lipinski definition) is 2. The summed E-state index contributed by atoms with van der Waals surface area (Å²) in [5.74, 6) is -0.277. The van der Waals surface area contributed by atoms with Crippen molar-refractivity contribution in [2.45, 2.75) is 18.1 Å². The van der Waals surface area contributed by atoms with Crippen molar-refractivity contribution in [1.29, 1.82) is 0 Å². The number of aryl methyl sites for hydroxylation is 1. The highest BCUT2D eigenvalue weighted by molar-refractivity contribution is 7.91. The maximum absolute atomic E-state index is 13.0. The molecule has 0 radical (unpaired) electrons. The lowest BCUT2D eigenvalue weighted by Crippen LogP contribution is -2.37. The van der Waals surface area contributed by atoms with Gasteiger partial charge in [0.2, 0.25) is 11.9 Å². The predicted molar refractivity (Wildman–Crippen MR) is 127 cm³/mol. The lowest BCUT2D eigenvalue weighted by molar-refractivity contribution is -0.114. The number of carbonyl (C=O) groups is 1. The first-order valence-electron chi connectivity index (χ1n) is 10.2. The third-order valence-electron chi connectivity index (χ3n) is 5.68. The van der Waals surface area contributed by atoms with Gasteiger partial charge in [0.05, 0.1) is 5.69 Å². The number of nitrogens with one attached hydrogen (secondary N) is 1. The monoisotopic (exact) mass is 461 g/mol. The van der Waals surface area contributed by atoms with Gasteiger partial charge in [0.15, 0.2) is 9.84 Å². The van der Waals surface area contributed by atoms with E-state index in [0.29, 0.717) is 22.9 Å². The third kappa shape index (κ3) is 4.40. The molecule has 0 aliphatic heterocycles. The van der Waals surface area contributed by atoms with Crippen LogP contribution in [0.3, 0.4) is 0 Å². The van der Waals surface area contributed by atoms with E-state index >= 15 is 0 Å². The van der Waals surface area contributed by atoms with Gasteiger partial charge in [-0.3, -0.25) is 9.78 Å². The van der Waals surface area contributed by atoms with Crippen LogP contribution in [0.25, 0.3) is 11.3 Å². The van der Waals surface area contributed by atoms with Crippen molar-refractivity contribution >= 4 is 27.4 Å². The maximum atomic E-state index is 13.0. The summed E-state index contributed by atoms with van der Waals surface area (Å²) in [6.45, 7) is 1.90. The second-order valence-corrected chi connectivity index (χ2v) is 10.2. The number of primary amides is 1. The van der Waals surface area contributed by atoms with Crippen LogP contribution in [0.15, 0.2) is 78.8 Å². The number of amides is 1. The molecule has 3 N–H and O–H groups in total. The number of nitrogens with zero attached hydrogens (tertiary/aromatic N) is 3. The Hall–Kier alpha value is -3.85. The second-order valence-electron chi connectivity index (χ2n) is 7.92. The standard InChI is InChI=1S/C24H23N5O3S/c1-16-7-8-19(24(33(2,31)32)10-3-5-17(14-24)22(25)30)13-21(16)29-23-27-12-9-20(28-23)18-6-4-11-26-15-18/h3-13,15H,14H2,1-2H3,(H2,25,30)(H,27,28,29). The first kappa shape index (κ1) is 22.3. The first-order valence-corrected chi connectivity index (χ1v) is 12.1. The van der Waals surface area contributed by atoms with Crippen LogP contribution in [0.4, 0.5) is 11.6 Å². The number of pyridine rings is 1. The molecule has 4 rings (SSSR count). The van der Waals surface area contributed by atoms with Gasteiger partial charge in [-0.1, -0.05) is 30.4 Å². The maximum Gasteiger partial charge on any atom is 0.244 e. The summed E-state index contributed by atoms with van der Waals surface area (Å²) in [4.78, 5) is 24.8. The molecule has 9 heteroatoms. The molecule has 33 heavy (non-hydrogen) atoms. The summed E-state index contributed by atoms with van der Waals surface area (Å²) in [6.07, 6.45) is 10.9. The molecule has 2 aromatic heterocycles. The van der Waals surface area contributed by atoms with E-state index in [1.54, 1.807) is 55.0 Å². The van der Waals surface area contributed by atoms with Gasteiger partial charge in [-0.15, -0.1) is 0 Å². The van der Waals surface area contributed by atoms with Crippen LogP contribution in [-0.4, -0.2) is 35.5 Å². The highest BCUT2D eigenvalue weighted by Crippen LogP contribution is 2.41. The van der Waals surface area contributed by atoms with Crippen LogP contribution < -0.4 is 11.1 Å². The molecular formula is C24H23N5O3S. The van der Waals surface area contributed by atoms with Gasteiger partial charge in [0, 0.05) is 48.1 Å². The van der Waals surface area contributed by atoms with Gasteiger partial charge in [0.1, 0.15) is 4.75 Å². The molecule has 8 nitrogen and oxygen atoms in total. The van der Waals surface area contributed by atoms with Crippen LogP contribution >= 0.6 is 0 Å². The molecule has 168 valence electrons. The Labute approximate surface area is 192 Å². The summed E-state index contributed by atoms with van der Waals surface area (Å²) in [6, 6.07) is 10.9. The molecule has 1 atom stereocenters. The van der Waals surface area contributed by atoms with Crippen LogP contribution in [0.2, 0.25) is 0 Å². The molecule has 0 spiro atoms. The van der Waals surface area contributed by atoms with E-state index in [1.165, 1.54) is 0 Å². The van der Waals surface area contributed by atoms with Gasteiger partial charge in [-0.2, -0.15) is 0 Å². The second kappa shape index (κ2) is 8.59. The van der Waals surface area contributed by atoms with E-state index in [9.17, 15) is 13.2 Å². The molecule has 1 unspecified atom stereocenters. The van der Waals surface area contributed by atoms with Gasteiger partial charge in [-0.05, 0) is 42.3 Å². The van der Waals surface area contributed by atoms with Gasteiger partial charge >= 0.3 is 0 Å². The van der Waals surface area contributed by atoms with E-state index in [-0.39, 0.29) is 12.0 Å². The smallest absolute Gasteiger partial charge is 0.244 e. The predicted octanol–water partition coefficient (Wildman–Crippen LogP) is 3.20. The van der Waals surface area contributed by atoms with E-state index in [4.69, 9.17) is 5.73 Å². The minimum absolute atomic E-state index is 0.0346. The van der Waals surface area contributed by atoms with Crippen molar-refractivity contribution in [2.24, 2.45) is 5.73 Å². The quantitative estimate of drug-likeness (QED) is 0.577. The Kier molecular flexibility index (Phi) is 5.82. The molecule has 0 saturated heterocycles. The molecular weight excluding hydrogens is 438 g/mol. The average molecular weight is 462 g/mol. The summed E-state index contributed by atoms with van der Waals surface area (Å²) in [5.41, 5.74) is 9.32. The minimum Gasteiger partial charge on any atom is -0.366 e. The number of allylic oxidation sites excluding steroid dienone is 2. The fourth-order valence-corrected chi connectivity index (χ4v) is 5.09. The summed E-state index contributed by atoms with van der Waals surface area (Å²) in [7, 11) is -3.65. The van der Waals surface area contributed by atoms with Crippen LogP contribution in [-0.2, 0) is 19.4 Å². The van der Waals surface area contributed by atoms with Crippen molar-refractivity contribution in [1.82, 2.24) is 15.0 Å². The normalized spacial score (nSPS) is 17.9. The van der Waals surface area contributed by atoms with Gasteiger partial charge < -0.3 is 11.1 Å². The number of aromatic nitrogens is 3. The number of nitrogens with two attached hydrogens (primary N) is 1. The number of benzene rings is 1. The SMILES string of the molecule is Cc1ccc(C2(S(C)(=O)=O)C=CC=C(C(N)=O)C2)cc1Nc1nccc(-c2cccnc2)n1. The highest BCUT2D eigenvalue weighted by Gasteiger charge is 2.43. The molecule has 3 aromatic rings. The summed E-state index contributed by atoms with van der Waals surface area (Å²) < 4.78 is 24.5. The van der Waals surface area contributed by atoms with E-state index < -0.39 is 20.5 Å². The molecule has 0 saturated carbocycles.